The molecule has 0 unspecified atom stereocenters. The minimum absolute atomic E-state index is 0.778. The highest BCUT2D eigenvalue weighted by Gasteiger charge is 2.01. The van der Waals surface area contributed by atoms with Gasteiger partial charge in [0, 0.05) is 11.2 Å². The highest BCUT2D eigenvalue weighted by molar-refractivity contribution is 9.10. The quantitative estimate of drug-likeness (QED) is 0.775. The van der Waals surface area contributed by atoms with E-state index in [1.165, 1.54) is 0 Å². The molecule has 1 aromatic heterocycles. The lowest BCUT2D eigenvalue weighted by molar-refractivity contribution is 0.879. The van der Waals surface area contributed by atoms with E-state index in [4.69, 9.17) is 11.6 Å². The molecule has 0 atom stereocenters. The Morgan fingerprint density at radius 2 is 2.21 bits per heavy atom. The fraction of sp³-hybridized carbons (Fsp3) is 0.100. The maximum atomic E-state index is 5.93. The summed E-state index contributed by atoms with van der Waals surface area (Å²) in [5.74, 6) is 0. The minimum Gasteiger partial charge on any atom is -0.240 e. The first kappa shape index (κ1) is 9.74. The number of aromatic nitrogens is 2. The van der Waals surface area contributed by atoms with Crippen molar-refractivity contribution < 1.29 is 0 Å². The van der Waals surface area contributed by atoms with Gasteiger partial charge < -0.3 is 0 Å². The molecule has 0 aliphatic carbocycles. The third kappa shape index (κ3) is 1.83. The monoisotopic (exact) mass is 270 g/mol. The van der Waals surface area contributed by atoms with Crippen LogP contribution in [0.25, 0.3) is 5.69 Å². The highest BCUT2D eigenvalue weighted by Crippen LogP contribution is 2.19. The molecule has 2 rings (SSSR count). The second-order valence-corrected chi connectivity index (χ2v) is 4.36. The van der Waals surface area contributed by atoms with E-state index in [1.54, 1.807) is 10.9 Å². The predicted molar refractivity (Wildman–Crippen MR) is 61.0 cm³/mol. The summed E-state index contributed by atoms with van der Waals surface area (Å²) in [7, 11) is 0. The predicted octanol–water partition coefficient (Wildman–Crippen LogP) is 3.60. The van der Waals surface area contributed by atoms with Gasteiger partial charge in [0.2, 0.25) is 0 Å². The SMILES string of the molecule is Cc1cc(-n2cc(Br)cn2)ccc1Cl. The van der Waals surface area contributed by atoms with Gasteiger partial charge in [-0.05, 0) is 46.6 Å². The van der Waals surface area contributed by atoms with Gasteiger partial charge in [0.1, 0.15) is 0 Å². The van der Waals surface area contributed by atoms with Gasteiger partial charge in [0.05, 0.1) is 16.4 Å². The van der Waals surface area contributed by atoms with Gasteiger partial charge >= 0.3 is 0 Å². The van der Waals surface area contributed by atoms with Crippen LogP contribution in [0.1, 0.15) is 5.56 Å². The lowest BCUT2D eigenvalue weighted by Gasteiger charge is -2.03. The average Bonchev–Trinajstić information content (AvgIpc) is 2.57. The van der Waals surface area contributed by atoms with Crippen molar-refractivity contribution >= 4 is 27.5 Å². The van der Waals surface area contributed by atoms with E-state index in [-0.39, 0.29) is 0 Å². The molecule has 0 spiro atoms. The largest absolute Gasteiger partial charge is 0.240 e. The summed E-state index contributed by atoms with van der Waals surface area (Å²) in [5, 5.41) is 4.96. The molecule has 72 valence electrons. The standard InChI is InChI=1S/C10H8BrClN2/c1-7-4-9(2-3-10(7)12)14-6-8(11)5-13-14/h2-6H,1H3. The topological polar surface area (TPSA) is 17.8 Å². The second kappa shape index (κ2) is 3.75. The molecule has 0 N–H and O–H groups in total. The summed E-state index contributed by atoms with van der Waals surface area (Å²) in [6.45, 7) is 1.98. The van der Waals surface area contributed by atoms with Crippen molar-refractivity contribution in [2.24, 2.45) is 0 Å². The number of hydrogen-bond acceptors (Lipinski definition) is 1. The van der Waals surface area contributed by atoms with Crippen LogP contribution in [-0.2, 0) is 0 Å². The highest BCUT2D eigenvalue weighted by atomic mass is 79.9. The summed E-state index contributed by atoms with van der Waals surface area (Å²) in [6.07, 6.45) is 3.66. The number of benzene rings is 1. The summed E-state index contributed by atoms with van der Waals surface area (Å²) < 4.78 is 2.76. The number of halogens is 2. The maximum absolute atomic E-state index is 5.93. The molecule has 0 saturated carbocycles. The molecule has 4 heteroatoms. The van der Waals surface area contributed by atoms with Gasteiger partial charge in [-0.2, -0.15) is 5.10 Å². The molecule has 1 aromatic carbocycles. The fourth-order valence-corrected chi connectivity index (χ4v) is 1.62. The summed E-state index contributed by atoms with van der Waals surface area (Å²) in [6, 6.07) is 5.82. The van der Waals surface area contributed by atoms with Crippen molar-refractivity contribution in [3.05, 3.63) is 45.7 Å². The van der Waals surface area contributed by atoms with Crippen molar-refractivity contribution in [1.29, 1.82) is 0 Å². The van der Waals surface area contributed by atoms with Gasteiger partial charge in [-0.15, -0.1) is 0 Å². The zero-order valence-electron chi connectivity index (χ0n) is 7.54. The number of rotatable bonds is 1. The van der Waals surface area contributed by atoms with E-state index in [1.807, 2.05) is 31.3 Å². The first-order chi connectivity index (χ1) is 6.66. The lowest BCUT2D eigenvalue weighted by Crippen LogP contribution is -1.94. The van der Waals surface area contributed by atoms with E-state index >= 15 is 0 Å². The maximum Gasteiger partial charge on any atom is 0.0649 e. The van der Waals surface area contributed by atoms with E-state index in [0.717, 1.165) is 20.7 Å². The van der Waals surface area contributed by atoms with Crippen molar-refractivity contribution in [3.63, 3.8) is 0 Å². The molecule has 2 aromatic rings. The molecule has 2 nitrogen and oxygen atoms in total. The average molecular weight is 272 g/mol. The first-order valence-electron chi connectivity index (χ1n) is 4.13. The van der Waals surface area contributed by atoms with Crippen LogP contribution >= 0.6 is 27.5 Å². The molecule has 0 fully saturated rings. The molecule has 0 aliphatic heterocycles. The van der Waals surface area contributed by atoms with Crippen LogP contribution in [-0.4, -0.2) is 9.78 Å². The molecule has 1 heterocycles. The lowest BCUT2D eigenvalue weighted by atomic mass is 10.2. The van der Waals surface area contributed by atoms with Gasteiger partial charge in [-0.1, -0.05) is 11.6 Å². The Hall–Kier alpha value is -0.800. The van der Waals surface area contributed by atoms with Crippen LogP contribution in [0.4, 0.5) is 0 Å². The van der Waals surface area contributed by atoms with Gasteiger partial charge in [-0.3, -0.25) is 0 Å². The fourth-order valence-electron chi connectivity index (χ4n) is 1.21. The van der Waals surface area contributed by atoms with Crippen LogP contribution in [0, 0.1) is 6.92 Å². The minimum atomic E-state index is 0.778. The number of aryl methyl sites for hydroxylation is 1. The van der Waals surface area contributed by atoms with Crippen LogP contribution in [0.3, 0.4) is 0 Å². The van der Waals surface area contributed by atoms with Crippen molar-refractivity contribution in [3.8, 4) is 5.69 Å². The van der Waals surface area contributed by atoms with Crippen LogP contribution < -0.4 is 0 Å². The third-order valence-corrected chi connectivity index (χ3v) is 2.79. The van der Waals surface area contributed by atoms with E-state index in [2.05, 4.69) is 21.0 Å². The Labute approximate surface area is 95.6 Å². The zero-order valence-corrected chi connectivity index (χ0v) is 9.88. The number of nitrogens with zero attached hydrogens (tertiary/aromatic N) is 2. The smallest absolute Gasteiger partial charge is 0.0649 e. The van der Waals surface area contributed by atoms with Gasteiger partial charge in [0.15, 0.2) is 0 Å². The van der Waals surface area contributed by atoms with E-state index in [9.17, 15) is 0 Å². The Morgan fingerprint density at radius 1 is 1.43 bits per heavy atom. The molecule has 0 aliphatic rings. The molecule has 0 amide bonds. The molecule has 0 bridgehead atoms. The Bertz CT molecular complexity index is 465. The molecular weight excluding hydrogens is 263 g/mol. The Kier molecular flexibility index (Phi) is 2.61. The molecular formula is C10H8BrClN2. The number of hydrogen-bond donors (Lipinski definition) is 0. The molecule has 0 radical (unpaired) electrons. The van der Waals surface area contributed by atoms with Crippen molar-refractivity contribution in [1.82, 2.24) is 9.78 Å². The molecule has 14 heavy (non-hydrogen) atoms. The summed E-state index contributed by atoms with van der Waals surface area (Å²) in [4.78, 5) is 0. The van der Waals surface area contributed by atoms with Crippen molar-refractivity contribution in [2.75, 3.05) is 0 Å². The summed E-state index contributed by atoms with van der Waals surface area (Å²) in [5.41, 5.74) is 2.06. The first-order valence-corrected chi connectivity index (χ1v) is 5.30. The second-order valence-electron chi connectivity index (χ2n) is 3.04. The van der Waals surface area contributed by atoms with Crippen LogP contribution in [0.15, 0.2) is 35.1 Å². The van der Waals surface area contributed by atoms with Crippen molar-refractivity contribution in [2.45, 2.75) is 6.92 Å². The Balaban J connectivity index is 2.47. The molecule has 0 saturated heterocycles. The normalized spacial score (nSPS) is 10.5. The summed E-state index contributed by atoms with van der Waals surface area (Å²) >= 11 is 9.29. The van der Waals surface area contributed by atoms with Gasteiger partial charge in [0.25, 0.3) is 0 Å². The zero-order chi connectivity index (χ0) is 10.1. The third-order valence-electron chi connectivity index (χ3n) is 1.96. The Morgan fingerprint density at radius 3 is 2.79 bits per heavy atom. The van der Waals surface area contributed by atoms with Crippen LogP contribution in [0.2, 0.25) is 5.02 Å². The van der Waals surface area contributed by atoms with E-state index < -0.39 is 0 Å². The van der Waals surface area contributed by atoms with Gasteiger partial charge in [-0.25, -0.2) is 4.68 Å². The van der Waals surface area contributed by atoms with E-state index in [0.29, 0.717) is 0 Å². The van der Waals surface area contributed by atoms with Crippen LogP contribution in [0.5, 0.6) is 0 Å².